The number of nitrogens with two attached hydrogens (primary N) is 1. The minimum atomic E-state index is -0.172. The molecule has 1 saturated carbocycles. The van der Waals surface area contributed by atoms with Gasteiger partial charge in [-0.25, -0.2) is 0 Å². The summed E-state index contributed by atoms with van der Waals surface area (Å²) in [6, 6.07) is 5.30. The molecule has 1 aliphatic heterocycles. The highest BCUT2D eigenvalue weighted by atomic mass is 127. The number of ether oxygens (including phenoxy) is 2. The molecule has 2 fully saturated rings. The summed E-state index contributed by atoms with van der Waals surface area (Å²) >= 11 is 0. The van der Waals surface area contributed by atoms with E-state index in [9.17, 15) is 9.59 Å². The highest BCUT2D eigenvalue weighted by molar-refractivity contribution is 14.0. The Bertz CT molecular complexity index is 842. The number of methoxy groups -OCH3 is 2. The van der Waals surface area contributed by atoms with Gasteiger partial charge in [0, 0.05) is 18.3 Å². The van der Waals surface area contributed by atoms with E-state index in [4.69, 9.17) is 15.2 Å². The zero-order valence-corrected chi connectivity index (χ0v) is 18.7. The molecule has 2 aliphatic carbocycles. The normalized spacial score (nSPS) is 27.1. The van der Waals surface area contributed by atoms with E-state index in [0.29, 0.717) is 17.2 Å². The SMILES string of the molecule is COc1ccc(NC(N)=NCCN2C(=O)C3C4C=CC(C4)C3C2=O)cc1OC.I. The molecule has 9 heteroatoms. The lowest BCUT2D eigenvalue weighted by Crippen LogP contribution is -2.35. The van der Waals surface area contributed by atoms with Crippen molar-refractivity contribution in [2.75, 3.05) is 32.6 Å². The molecule has 1 aromatic carbocycles. The lowest BCUT2D eigenvalue weighted by atomic mass is 9.85. The Kier molecular flexibility index (Phi) is 6.35. The Hall–Kier alpha value is -2.30. The number of carbonyl (C=O) groups is 2. The van der Waals surface area contributed by atoms with Gasteiger partial charge in [0.1, 0.15) is 0 Å². The van der Waals surface area contributed by atoms with Crippen molar-refractivity contribution in [1.82, 2.24) is 4.90 Å². The fraction of sp³-hybridized carbons (Fsp3) is 0.450. The molecule has 4 rings (SSSR count). The van der Waals surface area contributed by atoms with E-state index >= 15 is 0 Å². The van der Waals surface area contributed by atoms with Gasteiger partial charge in [0.2, 0.25) is 11.8 Å². The number of anilines is 1. The zero-order valence-electron chi connectivity index (χ0n) is 16.3. The molecule has 1 saturated heterocycles. The maximum absolute atomic E-state index is 12.6. The molecule has 4 atom stereocenters. The average molecular weight is 512 g/mol. The summed E-state index contributed by atoms with van der Waals surface area (Å²) in [5.41, 5.74) is 6.63. The van der Waals surface area contributed by atoms with Gasteiger partial charge in [-0.3, -0.25) is 19.5 Å². The molecule has 2 bridgehead atoms. The molecule has 0 spiro atoms. The number of nitrogens with zero attached hydrogens (tertiary/aromatic N) is 2. The first-order valence-electron chi connectivity index (χ1n) is 9.36. The van der Waals surface area contributed by atoms with Gasteiger partial charge in [-0.15, -0.1) is 24.0 Å². The van der Waals surface area contributed by atoms with Crippen LogP contribution in [0.2, 0.25) is 0 Å². The summed E-state index contributed by atoms with van der Waals surface area (Å²) in [6.07, 6.45) is 5.11. The van der Waals surface area contributed by atoms with Crippen molar-refractivity contribution in [1.29, 1.82) is 0 Å². The molecule has 8 nitrogen and oxygen atoms in total. The predicted octanol–water partition coefficient (Wildman–Crippen LogP) is 1.86. The summed E-state index contributed by atoms with van der Waals surface area (Å²) in [5.74, 6) is 1.36. The molecule has 29 heavy (non-hydrogen) atoms. The van der Waals surface area contributed by atoms with E-state index in [1.165, 1.54) is 4.90 Å². The minimum absolute atomic E-state index is 0. The Morgan fingerprint density at radius 1 is 1.14 bits per heavy atom. The lowest BCUT2D eigenvalue weighted by molar-refractivity contribution is -0.140. The van der Waals surface area contributed by atoms with Crippen LogP contribution in [0.1, 0.15) is 6.42 Å². The van der Waals surface area contributed by atoms with Crippen molar-refractivity contribution < 1.29 is 19.1 Å². The van der Waals surface area contributed by atoms with Gasteiger partial charge in [-0.1, -0.05) is 12.2 Å². The molecule has 156 valence electrons. The van der Waals surface area contributed by atoms with Crippen molar-refractivity contribution in [3.05, 3.63) is 30.4 Å². The van der Waals surface area contributed by atoms with E-state index in [0.717, 1.165) is 6.42 Å². The highest BCUT2D eigenvalue weighted by Crippen LogP contribution is 2.52. The second-order valence-corrected chi connectivity index (χ2v) is 7.29. The van der Waals surface area contributed by atoms with E-state index in [-0.39, 0.29) is 78.5 Å². The maximum atomic E-state index is 12.6. The van der Waals surface area contributed by atoms with Crippen LogP contribution in [0.15, 0.2) is 35.3 Å². The van der Waals surface area contributed by atoms with E-state index in [2.05, 4.69) is 22.5 Å². The number of hydrogen-bond acceptors (Lipinski definition) is 5. The van der Waals surface area contributed by atoms with Gasteiger partial charge >= 0.3 is 0 Å². The van der Waals surface area contributed by atoms with Crippen LogP contribution < -0.4 is 20.5 Å². The molecule has 0 aromatic heterocycles. The van der Waals surface area contributed by atoms with Crippen molar-refractivity contribution in [2.45, 2.75) is 6.42 Å². The monoisotopic (exact) mass is 512 g/mol. The highest BCUT2D eigenvalue weighted by Gasteiger charge is 2.58. The predicted molar refractivity (Wildman–Crippen MR) is 120 cm³/mol. The number of benzene rings is 1. The molecule has 3 aliphatic rings. The van der Waals surface area contributed by atoms with Crippen molar-refractivity contribution in [3.8, 4) is 11.5 Å². The number of allylic oxidation sites excluding steroid dienone is 2. The Balaban J connectivity index is 0.00000240. The standard InChI is InChI=1S/C20H24N4O4.HI/c1-27-14-6-5-13(10-15(14)28-2)23-20(21)22-7-8-24-18(25)16-11-3-4-12(9-11)17(16)19(24)26;/h3-6,10-12,16-17H,7-9H2,1-2H3,(H3,21,22,23);1H. The fourth-order valence-electron chi connectivity index (χ4n) is 4.56. The van der Waals surface area contributed by atoms with Gasteiger partial charge in [0.25, 0.3) is 0 Å². The number of carbonyl (C=O) groups excluding carboxylic acids is 2. The van der Waals surface area contributed by atoms with Gasteiger partial charge in [0.05, 0.1) is 32.6 Å². The molecule has 1 aromatic rings. The van der Waals surface area contributed by atoms with Crippen LogP contribution in [-0.2, 0) is 9.59 Å². The molecule has 4 unspecified atom stereocenters. The van der Waals surface area contributed by atoms with Crippen molar-refractivity contribution in [3.63, 3.8) is 0 Å². The topological polar surface area (TPSA) is 106 Å². The molecule has 0 radical (unpaired) electrons. The Morgan fingerprint density at radius 3 is 2.34 bits per heavy atom. The van der Waals surface area contributed by atoms with Crippen LogP contribution in [0.5, 0.6) is 11.5 Å². The smallest absolute Gasteiger partial charge is 0.233 e. The third kappa shape index (κ3) is 3.79. The number of guanidine groups is 1. The maximum Gasteiger partial charge on any atom is 0.233 e. The molecular weight excluding hydrogens is 487 g/mol. The number of hydrogen-bond donors (Lipinski definition) is 2. The summed E-state index contributed by atoms with van der Waals surface area (Å²) < 4.78 is 10.5. The zero-order chi connectivity index (χ0) is 19.8. The minimum Gasteiger partial charge on any atom is -0.493 e. The fourth-order valence-corrected chi connectivity index (χ4v) is 4.56. The van der Waals surface area contributed by atoms with E-state index < -0.39 is 0 Å². The first kappa shape index (κ1) is 21.4. The number of likely N-dealkylation sites (tertiary alicyclic amines) is 1. The van der Waals surface area contributed by atoms with Crippen molar-refractivity contribution >= 4 is 47.4 Å². The molecule has 1 heterocycles. The number of nitrogens with one attached hydrogen (secondary N) is 1. The second kappa shape index (κ2) is 8.60. The van der Waals surface area contributed by atoms with E-state index in [1.807, 2.05) is 0 Å². The van der Waals surface area contributed by atoms with Gasteiger partial charge < -0.3 is 20.5 Å². The molecule has 3 N–H and O–H groups in total. The lowest BCUT2D eigenvalue weighted by Gasteiger charge is -2.16. The summed E-state index contributed by atoms with van der Waals surface area (Å²) in [7, 11) is 3.12. The van der Waals surface area contributed by atoms with Crippen LogP contribution in [0.4, 0.5) is 5.69 Å². The number of rotatable bonds is 6. The van der Waals surface area contributed by atoms with Crippen LogP contribution in [-0.4, -0.2) is 50.0 Å². The van der Waals surface area contributed by atoms with E-state index in [1.54, 1.807) is 32.4 Å². The van der Waals surface area contributed by atoms with Gasteiger partial charge in [0.15, 0.2) is 17.5 Å². The number of imide groups is 1. The van der Waals surface area contributed by atoms with Crippen LogP contribution in [0.3, 0.4) is 0 Å². The third-order valence-corrected chi connectivity index (χ3v) is 5.82. The van der Waals surface area contributed by atoms with Crippen LogP contribution >= 0.6 is 24.0 Å². The Morgan fingerprint density at radius 2 is 1.76 bits per heavy atom. The summed E-state index contributed by atoms with van der Waals surface area (Å²) in [5, 5.41) is 2.97. The first-order valence-corrected chi connectivity index (χ1v) is 9.36. The largest absolute Gasteiger partial charge is 0.493 e. The molecule has 2 amide bonds. The summed E-state index contributed by atoms with van der Waals surface area (Å²) in [6.45, 7) is 0.504. The summed E-state index contributed by atoms with van der Waals surface area (Å²) in [4.78, 5) is 30.9. The number of amides is 2. The number of halogens is 1. The van der Waals surface area contributed by atoms with Gasteiger partial charge in [-0.2, -0.15) is 0 Å². The average Bonchev–Trinajstić information content (AvgIpc) is 3.37. The number of aliphatic imine (C=N–C) groups is 1. The second-order valence-electron chi connectivity index (χ2n) is 7.29. The quantitative estimate of drug-likeness (QED) is 0.198. The van der Waals surface area contributed by atoms with Crippen molar-refractivity contribution in [2.24, 2.45) is 34.4 Å². The third-order valence-electron chi connectivity index (χ3n) is 5.82. The Labute approximate surface area is 186 Å². The molecular formula is C20H25IN4O4. The first-order chi connectivity index (χ1) is 13.5. The van der Waals surface area contributed by atoms with Crippen LogP contribution in [0.25, 0.3) is 0 Å². The van der Waals surface area contributed by atoms with Gasteiger partial charge in [-0.05, 0) is 30.4 Å². The van der Waals surface area contributed by atoms with Crippen LogP contribution in [0, 0.1) is 23.7 Å². The number of fused-ring (bicyclic) bond motifs is 5.